The normalized spacial score (nSPS) is 26.6. The Morgan fingerprint density at radius 1 is 1.25 bits per heavy atom. The van der Waals surface area contributed by atoms with Crippen molar-refractivity contribution >= 4 is 11.5 Å². The Hall–Kier alpha value is -1.45. The number of nitrogens with two attached hydrogens (primary N) is 1. The van der Waals surface area contributed by atoms with E-state index in [0.29, 0.717) is 23.5 Å². The molecule has 1 aliphatic rings. The van der Waals surface area contributed by atoms with Crippen molar-refractivity contribution in [2.45, 2.75) is 59.1 Å². The Kier molecular flexibility index (Phi) is 4.11. The quantitative estimate of drug-likeness (QED) is 0.884. The number of pyridine rings is 1. The molecule has 0 spiro atoms. The van der Waals surface area contributed by atoms with E-state index in [9.17, 15) is 0 Å². The van der Waals surface area contributed by atoms with E-state index in [1.165, 1.54) is 12.8 Å². The fourth-order valence-electron chi connectivity index (χ4n) is 2.66. The largest absolute Gasteiger partial charge is 0.470 e. The van der Waals surface area contributed by atoms with Crippen LogP contribution in [0.5, 0.6) is 5.88 Å². The lowest BCUT2D eigenvalue weighted by Crippen LogP contribution is -2.26. The summed E-state index contributed by atoms with van der Waals surface area (Å²) in [4.78, 5) is 4.52. The summed E-state index contributed by atoms with van der Waals surface area (Å²) in [6.45, 7) is 10.6. The summed E-state index contributed by atoms with van der Waals surface area (Å²) >= 11 is 0. The second kappa shape index (κ2) is 5.51. The van der Waals surface area contributed by atoms with Crippen molar-refractivity contribution in [1.82, 2.24) is 4.98 Å². The number of nitrogen functional groups attached to an aromatic ring is 1. The van der Waals surface area contributed by atoms with Crippen LogP contribution in [0.15, 0.2) is 12.1 Å². The van der Waals surface area contributed by atoms with Crippen LogP contribution in [0.3, 0.4) is 0 Å². The van der Waals surface area contributed by atoms with Gasteiger partial charge in [-0.05, 0) is 57.6 Å². The van der Waals surface area contributed by atoms with Gasteiger partial charge < -0.3 is 15.8 Å². The van der Waals surface area contributed by atoms with Crippen LogP contribution in [0.2, 0.25) is 0 Å². The summed E-state index contributed by atoms with van der Waals surface area (Å²) in [5.41, 5.74) is 6.22. The molecule has 20 heavy (non-hydrogen) atoms. The van der Waals surface area contributed by atoms with Gasteiger partial charge in [0.05, 0.1) is 5.69 Å². The number of rotatable bonds is 3. The van der Waals surface area contributed by atoms with Crippen LogP contribution < -0.4 is 15.8 Å². The molecule has 0 aliphatic heterocycles. The van der Waals surface area contributed by atoms with Crippen molar-refractivity contribution in [3.63, 3.8) is 0 Å². The Morgan fingerprint density at radius 3 is 2.50 bits per heavy atom. The van der Waals surface area contributed by atoms with E-state index in [2.05, 4.69) is 24.1 Å². The molecule has 1 aromatic heterocycles. The van der Waals surface area contributed by atoms with Gasteiger partial charge in [0.15, 0.2) is 0 Å². The van der Waals surface area contributed by atoms with Gasteiger partial charge >= 0.3 is 0 Å². The first kappa shape index (κ1) is 14.9. The lowest BCUT2D eigenvalue weighted by atomic mass is 9.98. The molecule has 0 saturated heterocycles. The summed E-state index contributed by atoms with van der Waals surface area (Å²) in [5.74, 6) is 2.80. The molecule has 3 unspecified atom stereocenters. The monoisotopic (exact) mass is 277 g/mol. The Labute approximate surface area is 122 Å². The maximum atomic E-state index is 5.94. The molecule has 112 valence electrons. The second-order valence-electron chi connectivity index (χ2n) is 6.97. The Balaban J connectivity index is 2.11. The predicted octanol–water partition coefficient (Wildman–Crippen LogP) is 3.69. The lowest BCUT2D eigenvalue weighted by Gasteiger charge is -2.23. The third-order valence-corrected chi connectivity index (χ3v) is 4.09. The molecule has 0 radical (unpaired) electrons. The minimum Gasteiger partial charge on any atom is -0.470 e. The molecule has 4 nitrogen and oxygen atoms in total. The zero-order valence-electron chi connectivity index (χ0n) is 13.2. The number of nitrogens with one attached hydrogen (secondary N) is 1. The molecule has 3 atom stereocenters. The summed E-state index contributed by atoms with van der Waals surface area (Å²) in [5, 5.41) is 3.53. The molecule has 1 aromatic rings. The van der Waals surface area contributed by atoms with Gasteiger partial charge in [-0.3, -0.25) is 0 Å². The van der Waals surface area contributed by atoms with E-state index in [1.54, 1.807) is 0 Å². The first-order valence-corrected chi connectivity index (χ1v) is 7.48. The van der Waals surface area contributed by atoms with Gasteiger partial charge in [-0.25, -0.2) is 0 Å². The fourth-order valence-corrected chi connectivity index (χ4v) is 2.66. The van der Waals surface area contributed by atoms with Crippen LogP contribution in [0, 0.1) is 11.8 Å². The fraction of sp³-hybridized carbons (Fsp3) is 0.688. The minimum absolute atomic E-state index is 0.297. The topological polar surface area (TPSA) is 60.2 Å². The Morgan fingerprint density at radius 2 is 1.95 bits per heavy atom. The third kappa shape index (κ3) is 3.56. The summed E-state index contributed by atoms with van der Waals surface area (Å²) in [6.07, 6.45) is 2.48. The van der Waals surface area contributed by atoms with Crippen LogP contribution in [0.25, 0.3) is 0 Å². The van der Waals surface area contributed by atoms with Crippen molar-refractivity contribution in [2.75, 3.05) is 11.1 Å². The maximum absolute atomic E-state index is 5.94. The molecular formula is C16H27N3O. The van der Waals surface area contributed by atoms with Crippen molar-refractivity contribution in [2.24, 2.45) is 11.8 Å². The van der Waals surface area contributed by atoms with E-state index in [-0.39, 0.29) is 5.60 Å². The highest BCUT2D eigenvalue weighted by Crippen LogP contribution is 2.33. The van der Waals surface area contributed by atoms with Gasteiger partial charge in [0.2, 0.25) is 5.88 Å². The predicted molar refractivity (Wildman–Crippen MR) is 84.0 cm³/mol. The number of hydrogen-bond acceptors (Lipinski definition) is 4. The molecule has 0 amide bonds. The number of nitrogens with zero attached hydrogens (tertiary/aromatic N) is 1. The van der Waals surface area contributed by atoms with Crippen LogP contribution in [0.1, 0.15) is 47.5 Å². The molecule has 2 rings (SSSR count). The standard InChI is InChI=1S/C16H27N3O/c1-10-6-8-13(11(10)2)18-14-9-7-12(17)15(19-14)20-16(3,4)5/h7,9-11,13H,6,8,17H2,1-5H3,(H,18,19). The van der Waals surface area contributed by atoms with E-state index < -0.39 is 0 Å². The zero-order valence-corrected chi connectivity index (χ0v) is 13.2. The first-order valence-electron chi connectivity index (χ1n) is 7.48. The highest BCUT2D eigenvalue weighted by atomic mass is 16.5. The molecular weight excluding hydrogens is 250 g/mol. The average Bonchev–Trinajstić information content (AvgIpc) is 2.64. The van der Waals surface area contributed by atoms with E-state index in [1.807, 2.05) is 32.9 Å². The highest BCUT2D eigenvalue weighted by molar-refractivity contribution is 5.54. The minimum atomic E-state index is -0.297. The molecule has 1 aliphatic carbocycles. The van der Waals surface area contributed by atoms with Crippen LogP contribution >= 0.6 is 0 Å². The van der Waals surface area contributed by atoms with Crippen molar-refractivity contribution < 1.29 is 4.74 Å². The second-order valence-corrected chi connectivity index (χ2v) is 6.97. The molecule has 0 bridgehead atoms. The number of anilines is 2. The summed E-state index contributed by atoms with van der Waals surface area (Å²) in [7, 11) is 0. The third-order valence-electron chi connectivity index (χ3n) is 4.09. The maximum Gasteiger partial charge on any atom is 0.239 e. The molecule has 0 aromatic carbocycles. The SMILES string of the molecule is CC1CCC(Nc2ccc(N)c(OC(C)(C)C)n2)C1C. The summed E-state index contributed by atoms with van der Waals surface area (Å²) in [6, 6.07) is 4.28. The highest BCUT2D eigenvalue weighted by Gasteiger charge is 2.29. The summed E-state index contributed by atoms with van der Waals surface area (Å²) < 4.78 is 5.81. The number of hydrogen-bond donors (Lipinski definition) is 2. The lowest BCUT2D eigenvalue weighted by molar-refractivity contribution is 0.125. The van der Waals surface area contributed by atoms with Crippen LogP contribution in [0.4, 0.5) is 11.5 Å². The smallest absolute Gasteiger partial charge is 0.239 e. The molecule has 1 fully saturated rings. The molecule has 4 heteroatoms. The van der Waals surface area contributed by atoms with E-state index >= 15 is 0 Å². The van der Waals surface area contributed by atoms with Gasteiger partial charge in [0.25, 0.3) is 0 Å². The van der Waals surface area contributed by atoms with Gasteiger partial charge in [-0.15, -0.1) is 0 Å². The van der Waals surface area contributed by atoms with Gasteiger partial charge in [-0.1, -0.05) is 13.8 Å². The van der Waals surface area contributed by atoms with E-state index in [0.717, 1.165) is 11.7 Å². The number of ether oxygens (including phenoxy) is 1. The van der Waals surface area contributed by atoms with Crippen LogP contribution in [-0.2, 0) is 0 Å². The van der Waals surface area contributed by atoms with Crippen LogP contribution in [-0.4, -0.2) is 16.6 Å². The van der Waals surface area contributed by atoms with Crippen molar-refractivity contribution in [3.05, 3.63) is 12.1 Å². The molecule has 1 heterocycles. The zero-order chi connectivity index (χ0) is 14.9. The van der Waals surface area contributed by atoms with Gasteiger partial charge in [0, 0.05) is 6.04 Å². The van der Waals surface area contributed by atoms with Crippen molar-refractivity contribution in [3.8, 4) is 5.88 Å². The average molecular weight is 277 g/mol. The first-order chi connectivity index (χ1) is 9.26. The van der Waals surface area contributed by atoms with E-state index in [4.69, 9.17) is 10.5 Å². The van der Waals surface area contributed by atoms with Crippen molar-refractivity contribution in [1.29, 1.82) is 0 Å². The molecule has 1 saturated carbocycles. The molecule has 3 N–H and O–H groups in total. The van der Waals surface area contributed by atoms with Gasteiger partial charge in [-0.2, -0.15) is 4.98 Å². The number of aromatic nitrogens is 1. The van der Waals surface area contributed by atoms with Gasteiger partial charge in [0.1, 0.15) is 11.4 Å². The Bertz CT molecular complexity index is 467.